The molecule has 5 heteroatoms. The first-order valence-corrected chi connectivity index (χ1v) is 7.73. The summed E-state index contributed by atoms with van der Waals surface area (Å²) >= 11 is 0. The number of aromatic nitrogens is 3. The van der Waals surface area contributed by atoms with E-state index in [9.17, 15) is 0 Å². The summed E-state index contributed by atoms with van der Waals surface area (Å²) in [6.45, 7) is 4.31. The van der Waals surface area contributed by atoms with Crippen LogP contribution in [-0.2, 0) is 13.1 Å². The minimum atomic E-state index is 0.741. The van der Waals surface area contributed by atoms with Crippen molar-refractivity contribution in [1.82, 2.24) is 25.2 Å². The number of rotatable bonds is 6. The normalized spacial score (nSPS) is 30.3. The third-order valence-electron chi connectivity index (χ3n) is 4.87. The maximum atomic E-state index is 4.24. The zero-order valence-electron chi connectivity index (χ0n) is 11.5. The fourth-order valence-corrected chi connectivity index (χ4v) is 3.60. The Kier molecular flexibility index (Phi) is 3.04. The monoisotopic (exact) mass is 261 g/mol. The van der Waals surface area contributed by atoms with E-state index >= 15 is 0 Å². The van der Waals surface area contributed by atoms with Crippen molar-refractivity contribution in [1.29, 1.82) is 0 Å². The van der Waals surface area contributed by atoms with Gasteiger partial charge in [0.05, 0.1) is 12.2 Å². The summed E-state index contributed by atoms with van der Waals surface area (Å²) in [5, 5.41) is 12.0. The average molecular weight is 261 g/mol. The number of likely N-dealkylation sites (tertiary alicyclic amines) is 1. The van der Waals surface area contributed by atoms with Crippen LogP contribution in [0.25, 0.3) is 0 Å². The van der Waals surface area contributed by atoms with Gasteiger partial charge in [0.2, 0.25) is 0 Å². The van der Waals surface area contributed by atoms with Gasteiger partial charge in [0.25, 0.3) is 0 Å². The molecular weight excluding hydrogens is 238 g/mol. The lowest BCUT2D eigenvalue weighted by Crippen LogP contribution is -2.34. The lowest BCUT2D eigenvalue weighted by Gasteiger charge is -2.26. The Balaban J connectivity index is 1.25. The second-order valence-corrected chi connectivity index (χ2v) is 6.46. The number of nitrogens with zero attached hydrogens (tertiary/aromatic N) is 4. The quantitative estimate of drug-likeness (QED) is 0.830. The Morgan fingerprint density at radius 1 is 1.21 bits per heavy atom. The number of hydrogen-bond donors (Lipinski definition) is 1. The molecule has 19 heavy (non-hydrogen) atoms. The Hall–Kier alpha value is -0.940. The summed E-state index contributed by atoms with van der Waals surface area (Å²) in [6.07, 6.45) is 9.06. The smallest absolute Gasteiger partial charge is 0.0964 e. The molecule has 3 fully saturated rings. The first-order valence-electron chi connectivity index (χ1n) is 7.73. The van der Waals surface area contributed by atoms with E-state index in [0.717, 1.165) is 43.3 Å². The van der Waals surface area contributed by atoms with Crippen LogP contribution in [0.3, 0.4) is 0 Å². The van der Waals surface area contributed by atoms with Crippen LogP contribution >= 0.6 is 0 Å². The summed E-state index contributed by atoms with van der Waals surface area (Å²) in [7, 11) is 0. The van der Waals surface area contributed by atoms with E-state index < -0.39 is 0 Å². The lowest BCUT2D eigenvalue weighted by atomic mass is 10.1. The van der Waals surface area contributed by atoms with E-state index in [0.29, 0.717) is 0 Å². The molecule has 104 valence electrons. The summed E-state index contributed by atoms with van der Waals surface area (Å²) in [6, 6.07) is 1.61. The Morgan fingerprint density at radius 3 is 2.89 bits per heavy atom. The molecule has 0 radical (unpaired) electrons. The number of nitrogens with one attached hydrogen (secondary N) is 1. The maximum absolute atomic E-state index is 4.24. The Morgan fingerprint density at radius 2 is 2.16 bits per heavy atom. The standard InChI is InChI=1S/C14H23N5/c1-4-14-7-11(1)9-18(14)5-6-19-10-13(16-17-19)8-15-12-2-3-12/h10-12,14-15H,1-9H2. The zero-order chi connectivity index (χ0) is 12.7. The molecule has 2 heterocycles. The van der Waals surface area contributed by atoms with Crippen LogP contribution in [0.5, 0.6) is 0 Å². The molecule has 2 atom stereocenters. The van der Waals surface area contributed by atoms with E-state index in [1.165, 1.54) is 38.6 Å². The minimum absolute atomic E-state index is 0.741. The summed E-state index contributed by atoms with van der Waals surface area (Å²) < 4.78 is 2.01. The van der Waals surface area contributed by atoms with Gasteiger partial charge in [-0.1, -0.05) is 5.21 Å². The molecule has 2 unspecified atom stereocenters. The molecule has 1 saturated heterocycles. The van der Waals surface area contributed by atoms with Gasteiger partial charge in [-0.3, -0.25) is 9.58 Å². The van der Waals surface area contributed by atoms with Gasteiger partial charge < -0.3 is 5.32 Å². The fourth-order valence-electron chi connectivity index (χ4n) is 3.60. The van der Waals surface area contributed by atoms with E-state index in [2.05, 4.69) is 26.7 Å². The van der Waals surface area contributed by atoms with Crippen LogP contribution < -0.4 is 5.32 Å². The van der Waals surface area contributed by atoms with Crippen molar-refractivity contribution in [3.05, 3.63) is 11.9 Å². The molecule has 0 amide bonds. The molecule has 2 aliphatic carbocycles. The predicted octanol–water partition coefficient (Wildman–Crippen LogP) is 1.01. The lowest BCUT2D eigenvalue weighted by molar-refractivity contribution is 0.203. The molecule has 5 nitrogen and oxygen atoms in total. The van der Waals surface area contributed by atoms with Crippen molar-refractivity contribution >= 4 is 0 Å². The molecular formula is C14H23N5. The zero-order valence-corrected chi connectivity index (χ0v) is 11.5. The second-order valence-electron chi connectivity index (χ2n) is 6.46. The molecule has 1 aromatic rings. The van der Waals surface area contributed by atoms with Gasteiger partial charge in [0.1, 0.15) is 0 Å². The molecule has 1 aliphatic heterocycles. The van der Waals surface area contributed by atoms with Crippen LogP contribution in [0, 0.1) is 5.92 Å². The average Bonchev–Trinajstić information content (AvgIpc) is 2.86. The van der Waals surface area contributed by atoms with Crippen molar-refractivity contribution in [2.24, 2.45) is 5.92 Å². The van der Waals surface area contributed by atoms with Crippen molar-refractivity contribution in [2.75, 3.05) is 13.1 Å². The van der Waals surface area contributed by atoms with Gasteiger partial charge in [-0.25, -0.2) is 0 Å². The van der Waals surface area contributed by atoms with Gasteiger partial charge >= 0.3 is 0 Å². The molecule has 2 saturated carbocycles. The van der Waals surface area contributed by atoms with Crippen molar-refractivity contribution < 1.29 is 0 Å². The number of fused-ring (bicyclic) bond motifs is 2. The largest absolute Gasteiger partial charge is 0.308 e. The summed E-state index contributed by atoms with van der Waals surface area (Å²) in [4.78, 5) is 2.65. The summed E-state index contributed by atoms with van der Waals surface area (Å²) in [5.41, 5.74) is 1.08. The first kappa shape index (κ1) is 11.9. The molecule has 3 aliphatic rings. The second kappa shape index (κ2) is 4.87. The van der Waals surface area contributed by atoms with Crippen molar-refractivity contribution in [3.8, 4) is 0 Å². The van der Waals surface area contributed by atoms with Gasteiger partial charge in [0.15, 0.2) is 0 Å². The fraction of sp³-hybridized carbons (Fsp3) is 0.857. The van der Waals surface area contributed by atoms with E-state index in [-0.39, 0.29) is 0 Å². The summed E-state index contributed by atoms with van der Waals surface area (Å²) in [5.74, 6) is 0.985. The van der Waals surface area contributed by atoms with E-state index in [1.54, 1.807) is 0 Å². The highest BCUT2D eigenvalue weighted by atomic mass is 15.4. The molecule has 0 spiro atoms. The Bertz CT molecular complexity index is 439. The minimum Gasteiger partial charge on any atom is -0.308 e. The van der Waals surface area contributed by atoms with Crippen LogP contribution in [0.1, 0.15) is 37.8 Å². The van der Waals surface area contributed by atoms with Gasteiger partial charge in [-0.15, -0.1) is 5.10 Å². The van der Waals surface area contributed by atoms with Gasteiger partial charge in [-0.2, -0.15) is 0 Å². The van der Waals surface area contributed by atoms with E-state index in [1.807, 2.05) is 4.68 Å². The van der Waals surface area contributed by atoms with Crippen molar-refractivity contribution in [3.63, 3.8) is 0 Å². The van der Waals surface area contributed by atoms with Crippen LogP contribution in [0.15, 0.2) is 6.20 Å². The molecule has 4 rings (SSSR count). The highest BCUT2D eigenvalue weighted by Gasteiger charge is 2.37. The maximum Gasteiger partial charge on any atom is 0.0964 e. The molecule has 1 aromatic heterocycles. The van der Waals surface area contributed by atoms with Crippen LogP contribution in [0.2, 0.25) is 0 Å². The highest BCUT2D eigenvalue weighted by molar-refractivity contribution is 4.95. The SMILES string of the molecule is c1c(CNC2CC2)nnn1CCN1CC2CCC1C2. The van der Waals surface area contributed by atoms with Crippen LogP contribution in [0.4, 0.5) is 0 Å². The van der Waals surface area contributed by atoms with E-state index in [4.69, 9.17) is 0 Å². The van der Waals surface area contributed by atoms with Crippen LogP contribution in [-0.4, -0.2) is 45.1 Å². The molecule has 2 bridgehead atoms. The predicted molar refractivity (Wildman–Crippen MR) is 72.6 cm³/mol. The number of hydrogen-bond acceptors (Lipinski definition) is 4. The number of piperidine rings is 1. The Labute approximate surface area is 114 Å². The highest BCUT2D eigenvalue weighted by Crippen LogP contribution is 2.36. The van der Waals surface area contributed by atoms with Crippen molar-refractivity contribution in [2.45, 2.75) is 57.3 Å². The molecule has 1 N–H and O–H groups in total. The third kappa shape index (κ3) is 2.67. The third-order valence-corrected chi connectivity index (χ3v) is 4.87. The molecule has 0 aromatic carbocycles. The van der Waals surface area contributed by atoms with Gasteiger partial charge in [-0.05, 0) is 38.0 Å². The topological polar surface area (TPSA) is 46.0 Å². The van der Waals surface area contributed by atoms with Gasteiger partial charge in [0, 0.05) is 37.9 Å². The first-order chi connectivity index (χ1) is 9.37.